The molecule has 3 aromatic carbocycles. The van der Waals surface area contributed by atoms with Gasteiger partial charge < -0.3 is 26.0 Å². The number of amides is 1. The summed E-state index contributed by atoms with van der Waals surface area (Å²) in [7, 11) is 1.60. The average molecular weight is 498 g/mol. The molecule has 0 unspecified atom stereocenters. The molecule has 1 aromatic heterocycles. The summed E-state index contributed by atoms with van der Waals surface area (Å²) in [6.45, 7) is 8.11. The number of ether oxygens (including phenoxy) is 1. The average Bonchev–Trinajstić information content (AvgIpc) is 2.87. The first-order valence-corrected chi connectivity index (χ1v) is 11.9. The lowest BCUT2D eigenvalue weighted by molar-refractivity contribution is -0.114. The number of carbonyl (C=O) groups excluding carboxylic acids is 1. The summed E-state index contributed by atoms with van der Waals surface area (Å²) in [5.74, 6) is 1.45. The van der Waals surface area contributed by atoms with Crippen molar-refractivity contribution in [3.8, 4) is 5.75 Å². The van der Waals surface area contributed by atoms with Crippen LogP contribution >= 0.6 is 0 Å². The maximum absolute atomic E-state index is 12.5. The topological polar surface area (TPSA) is 113 Å². The van der Waals surface area contributed by atoms with E-state index in [1.54, 1.807) is 31.4 Å². The second kappa shape index (κ2) is 11.4. The number of rotatable bonds is 9. The molecule has 0 atom stereocenters. The Morgan fingerprint density at radius 1 is 0.730 bits per heavy atom. The highest BCUT2D eigenvalue weighted by Gasteiger charge is 2.11. The quantitative estimate of drug-likeness (QED) is 0.235. The molecule has 4 aromatic rings. The van der Waals surface area contributed by atoms with Gasteiger partial charge in [-0.05, 0) is 75.2 Å². The van der Waals surface area contributed by atoms with E-state index >= 15 is 0 Å². The third kappa shape index (κ3) is 6.94. The van der Waals surface area contributed by atoms with Gasteiger partial charge in [-0.1, -0.05) is 35.4 Å². The number of hydrogen-bond acceptors (Lipinski definition) is 8. The van der Waals surface area contributed by atoms with Crippen LogP contribution in [0.25, 0.3) is 0 Å². The van der Waals surface area contributed by atoms with Crippen LogP contribution in [0.5, 0.6) is 5.75 Å². The number of aromatic nitrogens is 3. The Bertz CT molecular complexity index is 1330. The molecular weight excluding hydrogens is 466 g/mol. The minimum atomic E-state index is -0.238. The summed E-state index contributed by atoms with van der Waals surface area (Å²) in [6.07, 6.45) is 0. The van der Waals surface area contributed by atoms with Crippen LogP contribution < -0.4 is 26.0 Å². The lowest BCUT2D eigenvalue weighted by atomic mass is 10.1. The van der Waals surface area contributed by atoms with Gasteiger partial charge in [0.15, 0.2) is 0 Å². The Kier molecular flexibility index (Phi) is 7.83. The van der Waals surface area contributed by atoms with Crippen molar-refractivity contribution < 1.29 is 9.53 Å². The number of aryl methyl sites for hydroxylation is 4. The van der Waals surface area contributed by atoms with Gasteiger partial charge in [-0.3, -0.25) is 4.79 Å². The minimum Gasteiger partial charge on any atom is -0.497 e. The van der Waals surface area contributed by atoms with E-state index in [1.165, 1.54) is 11.1 Å². The second-order valence-corrected chi connectivity index (χ2v) is 8.82. The second-order valence-electron chi connectivity index (χ2n) is 8.82. The first kappa shape index (κ1) is 25.4. The van der Waals surface area contributed by atoms with Gasteiger partial charge in [0.2, 0.25) is 23.8 Å². The normalized spacial score (nSPS) is 10.5. The van der Waals surface area contributed by atoms with Gasteiger partial charge in [-0.25, -0.2) is 0 Å². The molecule has 1 amide bonds. The molecule has 4 N–H and O–H groups in total. The number of methoxy groups -OCH3 is 1. The third-order valence-corrected chi connectivity index (χ3v) is 5.67. The van der Waals surface area contributed by atoms with Crippen LogP contribution in [0.1, 0.15) is 22.3 Å². The number of nitrogens with one attached hydrogen (secondary N) is 4. The highest BCUT2D eigenvalue weighted by Crippen LogP contribution is 2.24. The molecule has 1 heterocycles. The van der Waals surface area contributed by atoms with Crippen LogP contribution in [0.2, 0.25) is 0 Å². The molecule has 0 aliphatic carbocycles. The molecule has 0 aliphatic rings. The van der Waals surface area contributed by atoms with Crippen LogP contribution in [0, 0.1) is 27.7 Å². The monoisotopic (exact) mass is 497 g/mol. The fourth-order valence-electron chi connectivity index (χ4n) is 3.75. The molecule has 190 valence electrons. The largest absolute Gasteiger partial charge is 0.497 e. The van der Waals surface area contributed by atoms with Crippen molar-refractivity contribution >= 4 is 40.8 Å². The molecular formula is C28H31N7O2. The van der Waals surface area contributed by atoms with Crippen molar-refractivity contribution in [1.82, 2.24) is 15.0 Å². The first-order chi connectivity index (χ1) is 17.8. The predicted octanol–water partition coefficient (Wildman–Crippen LogP) is 5.65. The van der Waals surface area contributed by atoms with Gasteiger partial charge in [0.1, 0.15) is 5.75 Å². The van der Waals surface area contributed by atoms with Crippen LogP contribution in [0.3, 0.4) is 0 Å². The van der Waals surface area contributed by atoms with Crippen molar-refractivity contribution in [1.29, 1.82) is 0 Å². The molecule has 0 saturated heterocycles. The van der Waals surface area contributed by atoms with Crippen molar-refractivity contribution in [3.05, 3.63) is 82.9 Å². The summed E-state index contributed by atoms with van der Waals surface area (Å²) < 4.78 is 5.15. The number of anilines is 6. The zero-order chi connectivity index (χ0) is 26.4. The van der Waals surface area contributed by atoms with Gasteiger partial charge in [0.25, 0.3) is 0 Å². The van der Waals surface area contributed by atoms with Crippen molar-refractivity contribution in [3.63, 3.8) is 0 Å². The number of hydrogen-bond donors (Lipinski definition) is 4. The molecule has 9 nitrogen and oxygen atoms in total. The molecule has 4 rings (SSSR count). The SMILES string of the molecule is COc1ccc(NC(=O)CNc2nc(Nc3ccc(C)cc3C)nc(Nc3ccc(C)cc3C)n2)cc1. The molecule has 0 bridgehead atoms. The summed E-state index contributed by atoms with van der Waals surface area (Å²) in [6, 6.07) is 19.3. The van der Waals surface area contributed by atoms with Crippen molar-refractivity contribution in [2.24, 2.45) is 0 Å². The van der Waals surface area contributed by atoms with E-state index in [4.69, 9.17) is 4.74 Å². The Morgan fingerprint density at radius 3 is 1.73 bits per heavy atom. The van der Waals surface area contributed by atoms with Gasteiger partial charge in [0.05, 0.1) is 13.7 Å². The smallest absolute Gasteiger partial charge is 0.243 e. The predicted molar refractivity (Wildman–Crippen MR) is 148 cm³/mol. The molecule has 0 fully saturated rings. The standard InChI is InChI=1S/C28H31N7O2/c1-17-6-12-23(19(3)14-17)31-27-33-26(29-16-25(36)30-21-8-10-22(37-5)11-9-21)34-28(35-27)32-24-13-7-18(2)15-20(24)4/h6-15H,16H2,1-5H3,(H,30,36)(H3,29,31,32,33,34,35). The number of nitrogens with zero attached hydrogens (tertiary/aromatic N) is 3. The van der Waals surface area contributed by atoms with Gasteiger partial charge in [0, 0.05) is 17.1 Å². The fourth-order valence-corrected chi connectivity index (χ4v) is 3.75. The van der Waals surface area contributed by atoms with E-state index in [2.05, 4.69) is 48.4 Å². The summed E-state index contributed by atoms with van der Waals surface area (Å²) in [5, 5.41) is 12.4. The summed E-state index contributed by atoms with van der Waals surface area (Å²) in [4.78, 5) is 26.1. The zero-order valence-corrected chi connectivity index (χ0v) is 21.6. The van der Waals surface area contributed by atoms with Gasteiger partial charge in [-0.15, -0.1) is 0 Å². The van der Waals surface area contributed by atoms with E-state index in [0.29, 0.717) is 23.3 Å². The van der Waals surface area contributed by atoms with Crippen molar-refractivity contribution in [2.75, 3.05) is 34.9 Å². The van der Waals surface area contributed by atoms with Crippen LogP contribution in [-0.4, -0.2) is 34.5 Å². The van der Waals surface area contributed by atoms with Crippen molar-refractivity contribution in [2.45, 2.75) is 27.7 Å². The highest BCUT2D eigenvalue weighted by molar-refractivity contribution is 5.93. The molecule has 0 saturated carbocycles. The number of carbonyl (C=O) groups is 1. The van der Waals surface area contributed by atoms with E-state index in [9.17, 15) is 4.79 Å². The first-order valence-electron chi connectivity index (χ1n) is 11.9. The molecule has 9 heteroatoms. The molecule has 37 heavy (non-hydrogen) atoms. The van der Waals surface area contributed by atoms with E-state index < -0.39 is 0 Å². The highest BCUT2D eigenvalue weighted by atomic mass is 16.5. The lowest BCUT2D eigenvalue weighted by Gasteiger charge is -2.14. The van der Waals surface area contributed by atoms with E-state index in [0.717, 1.165) is 22.5 Å². The Balaban J connectivity index is 1.54. The van der Waals surface area contributed by atoms with Crippen LogP contribution in [0.4, 0.5) is 34.9 Å². The van der Waals surface area contributed by atoms with E-state index in [-0.39, 0.29) is 18.4 Å². The van der Waals surface area contributed by atoms with E-state index in [1.807, 2.05) is 52.0 Å². The molecule has 0 radical (unpaired) electrons. The van der Waals surface area contributed by atoms with Crippen LogP contribution in [-0.2, 0) is 4.79 Å². The zero-order valence-electron chi connectivity index (χ0n) is 21.6. The Hall–Kier alpha value is -4.66. The summed E-state index contributed by atoms with van der Waals surface area (Å²) >= 11 is 0. The maximum Gasteiger partial charge on any atom is 0.243 e. The number of benzene rings is 3. The lowest BCUT2D eigenvalue weighted by Crippen LogP contribution is -2.23. The maximum atomic E-state index is 12.5. The molecule has 0 spiro atoms. The summed E-state index contributed by atoms with van der Waals surface area (Å²) in [5.41, 5.74) is 6.91. The Morgan fingerprint density at radius 2 is 1.24 bits per heavy atom. The van der Waals surface area contributed by atoms with Gasteiger partial charge in [-0.2, -0.15) is 15.0 Å². The van der Waals surface area contributed by atoms with Crippen LogP contribution in [0.15, 0.2) is 60.7 Å². The van der Waals surface area contributed by atoms with Gasteiger partial charge >= 0.3 is 0 Å². The molecule has 0 aliphatic heterocycles. The minimum absolute atomic E-state index is 0.0258. The third-order valence-electron chi connectivity index (χ3n) is 5.67. The fraction of sp³-hybridized carbons (Fsp3) is 0.214. The Labute approximate surface area is 216 Å².